The van der Waals surface area contributed by atoms with E-state index < -0.39 is 0 Å². The molecule has 1 fully saturated rings. The van der Waals surface area contributed by atoms with Gasteiger partial charge in [0, 0.05) is 12.8 Å². The number of ketones is 1. The first-order valence-corrected chi connectivity index (χ1v) is 4.83. The third kappa shape index (κ3) is 3.21. The van der Waals surface area contributed by atoms with Crippen LogP contribution in [0.15, 0.2) is 11.6 Å². The Bertz CT molecular complexity index is 177. The molecule has 68 valence electrons. The molecule has 0 amide bonds. The minimum Gasteiger partial charge on any atom is -0.300 e. The topological polar surface area (TPSA) is 17.1 Å². The van der Waals surface area contributed by atoms with Gasteiger partial charge in [0.2, 0.25) is 0 Å². The Morgan fingerprint density at radius 1 is 1.42 bits per heavy atom. The molecule has 0 atom stereocenters. The molecule has 0 spiro atoms. The van der Waals surface area contributed by atoms with Crippen molar-refractivity contribution in [1.82, 2.24) is 0 Å². The number of hydrogen-bond acceptors (Lipinski definition) is 1. The van der Waals surface area contributed by atoms with E-state index in [0.29, 0.717) is 5.78 Å². The Hall–Kier alpha value is -0.590. The van der Waals surface area contributed by atoms with Crippen LogP contribution in [0.25, 0.3) is 0 Å². The monoisotopic (exact) mass is 166 g/mol. The lowest BCUT2D eigenvalue weighted by Gasteiger charge is -2.19. The molecule has 0 saturated heterocycles. The van der Waals surface area contributed by atoms with Crippen LogP contribution in [0.3, 0.4) is 0 Å². The van der Waals surface area contributed by atoms with Gasteiger partial charge in [-0.05, 0) is 39.0 Å². The maximum atomic E-state index is 10.9. The van der Waals surface area contributed by atoms with Crippen LogP contribution in [0.1, 0.15) is 46.0 Å². The van der Waals surface area contributed by atoms with E-state index >= 15 is 0 Å². The van der Waals surface area contributed by atoms with Gasteiger partial charge in [0.25, 0.3) is 0 Å². The second kappa shape index (κ2) is 4.44. The zero-order valence-electron chi connectivity index (χ0n) is 8.10. The van der Waals surface area contributed by atoms with Crippen LogP contribution in [-0.4, -0.2) is 5.78 Å². The minimum absolute atomic E-state index is 0.462. The fourth-order valence-electron chi connectivity index (χ4n) is 1.64. The lowest BCUT2D eigenvalue weighted by molar-refractivity contribution is -0.120. The molecule has 1 nitrogen and oxygen atoms in total. The third-order valence-corrected chi connectivity index (χ3v) is 2.52. The smallest absolute Gasteiger partial charge is 0.132 e. The molecule has 0 aromatic carbocycles. The van der Waals surface area contributed by atoms with Crippen LogP contribution in [0.4, 0.5) is 0 Å². The molecule has 0 heterocycles. The van der Waals surface area contributed by atoms with Crippen molar-refractivity contribution in [1.29, 1.82) is 0 Å². The van der Waals surface area contributed by atoms with E-state index in [4.69, 9.17) is 0 Å². The Labute approximate surface area is 74.9 Å². The fourth-order valence-corrected chi connectivity index (χ4v) is 1.64. The second-order valence-electron chi connectivity index (χ2n) is 4.00. The number of hydrogen-bond donors (Lipinski definition) is 0. The summed E-state index contributed by atoms with van der Waals surface area (Å²) in [6.07, 6.45) is 7.34. The molecule has 1 aliphatic carbocycles. The van der Waals surface area contributed by atoms with Crippen LogP contribution < -0.4 is 0 Å². The molecule has 0 radical (unpaired) electrons. The average molecular weight is 166 g/mol. The predicted octanol–water partition coefficient (Wildman–Crippen LogP) is 3.10. The van der Waals surface area contributed by atoms with E-state index in [0.717, 1.165) is 31.6 Å². The van der Waals surface area contributed by atoms with E-state index in [2.05, 4.69) is 19.9 Å². The number of carbonyl (C=O) groups excluding carboxylic acids is 1. The fraction of sp³-hybridized carbons (Fsp3) is 0.727. The third-order valence-electron chi connectivity index (χ3n) is 2.52. The molecule has 1 rings (SSSR count). The molecule has 1 heteroatoms. The number of carbonyl (C=O) groups is 1. The van der Waals surface area contributed by atoms with Crippen molar-refractivity contribution in [2.45, 2.75) is 46.0 Å². The van der Waals surface area contributed by atoms with Crippen LogP contribution in [0.5, 0.6) is 0 Å². The minimum atomic E-state index is 0.462. The van der Waals surface area contributed by atoms with Gasteiger partial charge in [0.05, 0.1) is 0 Å². The summed E-state index contributed by atoms with van der Waals surface area (Å²) >= 11 is 0. The van der Waals surface area contributed by atoms with Crippen molar-refractivity contribution in [3.63, 3.8) is 0 Å². The van der Waals surface area contributed by atoms with Crippen molar-refractivity contribution in [2.24, 2.45) is 5.92 Å². The number of allylic oxidation sites excluding steroid dienone is 2. The maximum Gasteiger partial charge on any atom is 0.132 e. The van der Waals surface area contributed by atoms with E-state index in [1.54, 1.807) is 0 Å². The first kappa shape index (κ1) is 9.50. The normalized spacial score (nSPS) is 19.3. The zero-order chi connectivity index (χ0) is 8.97. The predicted molar refractivity (Wildman–Crippen MR) is 51.0 cm³/mol. The summed E-state index contributed by atoms with van der Waals surface area (Å²) < 4.78 is 0. The summed E-state index contributed by atoms with van der Waals surface area (Å²) in [5.41, 5.74) is 1.40. The molecular formula is C11H18O. The van der Waals surface area contributed by atoms with Gasteiger partial charge in [-0.15, -0.1) is 0 Å². The lowest BCUT2D eigenvalue weighted by Crippen LogP contribution is -2.13. The van der Waals surface area contributed by atoms with Gasteiger partial charge in [0.15, 0.2) is 0 Å². The molecule has 0 aromatic rings. The van der Waals surface area contributed by atoms with Crippen molar-refractivity contribution in [2.75, 3.05) is 0 Å². The Balaban J connectivity index is 2.26. The molecule has 12 heavy (non-hydrogen) atoms. The maximum absolute atomic E-state index is 10.9. The summed E-state index contributed by atoms with van der Waals surface area (Å²) in [6.45, 7) is 4.27. The van der Waals surface area contributed by atoms with Gasteiger partial charge in [-0.3, -0.25) is 4.79 Å². The SMILES string of the molecule is CC(C)=CCC1CCC(=O)CC1. The average Bonchev–Trinajstić information content (AvgIpc) is 2.03. The molecular weight excluding hydrogens is 148 g/mol. The van der Waals surface area contributed by atoms with E-state index in [1.807, 2.05) is 0 Å². The first-order valence-electron chi connectivity index (χ1n) is 4.83. The quantitative estimate of drug-likeness (QED) is 0.576. The molecule has 0 aliphatic heterocycles. The van der Waals surface area contributed by atoms with Crippen molar-refractivity contribution >= 4 is 5.78 Å². The summed E-state index contributed by atoms with van der Waals surface area (Å²) in [6, 6.07) is 0. The molecule has 0 unspecified atom stereocenters. The Morgan fingerprint density at radius 2 is 2.00 bits per heavy atom. The molecule has 1 aliphatic rings. The second-order valence-corrected chi connectivity index (χ2v) is 4.00. The standard InChI is InChI=1S/C11H18O/c1-9(2)3-4-10-5-7-11(12)8-6-10/h3,10H,4-8H2,1-2H3. The molecule has 0 bridgehead atoms. The summed E-state index contributed by atoms with van der Waals surface area (Å²) in [5.74, 6) is 1.24. The van der Waals surface area contributed by atoms with Gasteiger partial charge in [-0.25, -0.2) is 0 Å². The van der Waals surface area contributed by atoms with Crippen LogP contribution >= 0.6 is 0 Å². The van der Waals surface area contributed by atoms with Gasteiger partial charge < -0.3 is 0 Å². The van der Waals surface area contributed by atoms with Gasteiger partial charge in [0.1, 0.15) is 5.78 Å². The van der Waals surface area contributed by atoms with Gasteiger partial charge in [-0.1, -0.05) is 11.6 Å². The van der Waals surface area contributed by atoms with Gasteiger partial charge in [-0.2, -0.15) is 0 Å². The molecule has 0 N–H and O–H groups in total. The molecule has 1 saturated carbocycles. The molecule has 0 aromatic heterocycles. The Kier molecular flexibility index (Phi) is 3.51. The largest absolute Gasteiger partial charge is 0.300 e. The van der Waals surface area contributed by atoms with Gasteiger partial charge >= 0.3 is 0 Å². The van der Waals surface area contributed by atoms with Crippen molar-refractivity contribution in [3.8, 4) is 0 Å². The Morgan fingerprint density at radius 3 is 2.50 bits per heavy atom. The lowest BCUT2D eigenvalue weighted by atomic mass is 9.86. The van der Waals surface area contributed by atoms with Crippen LogP contribution in [0.2, 0.25) is 0 Å². The highest BCUT2D eigenvalue weighted by atomic mass is 16.1. The van der Waals surface area contributed by atoms with E-state index in [9.17, 15) is 4.79 Å². The highest BCUT2D eigenvalue weighted by Crippen LogP contribution is 2.24. The van der Waals surface area contributed by atoms with Crippen LogP contribution in [-0.2, 0) is 4.79 Å². The summed E-state index contributed by atoms with van der Waals surface area (Å²) in [7, 11) is 0. The van der Waals surface area contributed by atoms with Crippen molar-refractivity contribution in [3.05, 3.63) is 11.6 Å². The van der Waals surface area contributed by atoms with E-state index in [1.165, 1.54) is 12.0 Å². The highest BCUT2D eigenvalue weighted by Gasteiger charge is 2.16. The zero-order valence-corrected chi connectivity index (χ0v) is 8.10. The first-order chi connectivity index (χ1) is 5.68. The summed E-state index contributed by atoms with van der Waals surface area (Å²) in [4.78, 5) is 10.9. The van der Waals surface area contributed by atoms with Crippen molar-refractivity contribution < 1.29 is 4.79 Å². The van der Waals surface area contributed by atoms with E-state index in [-0.39, 0.29) is 0 Å². The van der Waals surface area contributed by atoms with Crippen LogP contribution in [0, 0.1) is 5.92 Å². The number of Topliss-reactive ketones (excluding diaryl/α,β-unsaturated/α-hetero) is 1. The number of rotatable bonds is 2. The highest BCUT2D eigenvalue weighted by molar-refractivity contribution is 5.79. The summed E-state index contributed by atoms with van der Waals surface area (Å²) in [5, 5.41) is 0.